The Morgan fingerprint density at radius 1 is 0.781 bits per heavy atom. The number of aromatic nitrogens is 1. The number of fused-ring (bicyclic) bond motifs is 1. The Hall–Kier alpha value is -3.66. The molecular formula is C28H28N2O2. The highest BCUT2D eigenvalue weighted by molar-refractivity contribution is 5.87. The van der Waals surface area contributed by atoms with Gasteiger partial charge in [0.05, 0.1) is 5.52 Å². The summed E-state index contributed by atoms with van der Waals surface area (Å²) in [5, 5.41) is 1.02. The van der Waals surface area contributed by atoms with Crippen LogP contribution in [0.15, 0.2) is 83.7 Å². The molecule has 0 atom stereocenters. The number of hydrogen-bond acceptors (Lipinski definition) is 2. The molecule has 0 spiro atoms. The number of hydrogen-bond donors (Lipinski definition) is 0. The summed E-state index contributed by atoms with van der Waals surface area (Å²) in [7, 11) is 0. The van der Waals surface area contributed by atoms with Crippen molar-refractivity contribution in [2.24, 2.45) is 0 Å². The van der Waals surface area contributed by atoms with Crippen LogP contribution in [-0.2, 0) is 24.4 Å². The van der Waals surface area contributed by atoms with E-state index in [-0.39, 0.29) is 18.0 Å². The zero-order chi connectivity index (χ0) is 22.7. The molecule has 3 aromatic carbocycles. The van der Waals surface area contributed by atoms with Crippen LogP contribution in [0.25, 0.3) is 10.9 Å². The van der Waals surface area contributed by atoms with Gasteiger partial charge in [-0.1, -0.05) is 72.3 Å². The van der Waals surface area contributed by atoms with Crippen molar-refractivity contribution in [1.82, 2.24) is 9.47 Å². The van der Waals surface area contributed by atoms with E-state index >= 15 is 0 Å². The summed E-state index contributed by atoms with van der Waals surface area (Å²) in [5.41, 5.74) is 5.90. The van der Waals surface area contributed by atoms with Crippen molar-refractivity contribution in [1.29, 1.82) is 0 Å². The monoisotopic (exact) mass is 424 g/mol. The zero-order valence-corrected chi connectivity index (χ0v) is 18.8. The molecule has 32 heavy (non-hydrogen) atoms. The second-order valence-corrected chi connectivity index (χ2v) is 8.45. The number of rotatable bonds is 6. The first-order valence-electron chi connectivity index (χ1n) is 10.9. The average Bonchev–Trinajstić information content (AvgIpc) is 2.77. The number of benzene rings is 3. The van der Waals surface area contributed by atoms with E-state index in [4.69, 9.17) is 0 Å². The topological polar surface area (TPSA) is 42.3 Å². The van der Waals surface area contributed by atoms with Crippen molar-refractivity contribution in [3.63, 3.8) is 0 Å². The summed E-state index contributed by atoms with van der Waals surface area (Å²) in [6.45, 7) is 7.00. The summed E-state index contributed by atoms with van der Waals surface area (Å²) >= 11 is 0. The van der Waals surface area contributed by atoms with E-state index in [1.807, 2.05) is 86.3 Å². The molecule has 1 aromatic heterocycles. The standard InChI is InChI=1S/C28H28N2O2/c1-20-14-22(3)28-25(15-20)21(2)16-26(31)30(28)19-27(32)29(17-23-10-6-4-7-11-23)18-24-12-8-5-9-13-24/h4-16H,17-19H2,1-3H3. The maximum Gasteiger partial charge on any atom is 0.251 e. The molecule has 0 fully saturated rings. The molecular weight excluding hydrogens is 396 g/mol. The maximum absolute atomic E-state index is 13.5. The van der Waals surface area contributed by atoms with Crippen LogP contribution >= 0.6 is 0 Å². The highest BCUT2D eigenvalue weighted by Gasteiger charge is 2.18. The molecule has 0 radical (unpaired) electrons. The normalized spacial score (nSPS) is 11.0. The number of pyridine rings is 1. The molecule has 1 amide bonds. The van der Waals surface area contributed by atoms with Crippen molar-refractivity contribution in [2.45, 2.75) is 40.4 Å². The first kappa shape index (κ1) is 21.6. The van der Waals surface area contributed by atoms with Gasteiger partial charge in [-0.05, 0) is 49.1 Å². The second kappa shape index (κ2) is 9.23. The van der Waals surface area contributed by atoms with E-state index in [9.17, 15) is 9.59 Å². The first-order valence-corrected chi connectivity index (χ1v) is 10.9. The SMILES string of the molecule is Cc1cc(C)c2c(c1)c(C)cc(=O)n2CC(=O)N(Cc1ccccc1)Cc1ccccc1. The predicted octanol–water partition coefficient (Wildman–Crippen LogP) is 5.16. The van der Waals surface area contributed by atoms with Crippen molar-refractivity contribution in [3.05, 3.63) is 117 Å². The Bertz CT molecular complexity index is 1270. The summed E-state index contributed by atoms with van der Waals surface area (Å²) in [4.78, 5) is 28.3. The molecule has 4 aromatic rings. The molecule has 0 N–H and O–H groups in total. The molecule has 4 rings (SSSR count). The lowest BCUT2D eigenvalue weighted by Gasteiger charge is -2.24. The van der Waals surface area contributed by atoms with Gasteiger partial charge in [0.25, 0.3) is 5.56 Å². The van der Waals surface area contributed by atoms with Crippen LogP contribution in [0.4, 0.5) is 0 Å². The van der Waals surface area contributed by atoms with Gasteiger partial charge in [0.1, 0.15) is 6.54 Å². The van der Waals surface area contributed by atoms with E-state index in [1.54, 1.807) is 10.6 Å². The van der Waals surface area contributed by atoms with Gasteiger partial charge < -0.3 is 4.90 Å². The van der Waals surface area contributed by atoms with Crippen molar-refractivity contribution in [2.75, 3.05) is 0 Å². The zero-order valence-electron chi connectivity index (χ0n) is 18.8. The largest absolute Gasteiger partial charge is 0.332 e. The quantitative estimate of drug-likeness (QED) is 0.429. The van der Waals surface area contributed by atoms with Crippen LogP contribution in [0.1, 0.15) is 27.8 Å². The van der Waals surface area contributed by atoms with Crippen molar-refractivity contribution in [3.8, 4) is 0 Å². The lowest BCUT2D eigenvalue weighted by Crippen LogP contribution is -2.36. The summed E-state index contributed by atoms with van der Waals surface area (Å²) in [6.07, 6.45) is 0. The van der Waals surface area contributed by atoms with Gasteiger partial charge in [-0.3, -0.25) is 14.2 Å². The Kier molecular flexibility index (Phi) is 6.22. The fourth-order valence-electron chi connectivity index (χ4n) is 4.30. The van der Waals surface area contributed by atoms with Gasteiger partial charge in [-0.15, -0.1) is 0 Å². The Morgan fingerprint density at radius 3 is 1.91 bits per heavy atom. The molecule has 0 aliphatic heterocycles. The number of amides is 1. The third-order valence-electron chi connectivity index (χ3n) is 5.82. The van der Waals surface area contributed by atoms with Gasteiger partial charge in [0, 0.05) is 24.5 Å². The molecule has 4 nitrogen and oxygen atoms in total. The highest BCUT2D eigenvalue weighted by atomic mass is 16.2. The number of carbonyl (C=O) groups excluding carboxylic acids is 1. The van der Waals surface area contributed by atoms with E-state index in [2.05, 4.69) is 12.1 Å². The van der Waals surface area contributed by atoms with Gasteiger partial charge in [0.2, 0.25) is 5.91 Å². The Labute approximate surface area is 188 Å². The van der Waals surface area contributed by atoms with Crippen LogP contribution in [0.2, 0.25) is 0 Å². The number of carbonyl (C=O) groups is 1. The van der Waals surface area contributed by atoms with Gasteiger partial charge in [-0.2, -0.15) is 0 Å². The number of nitrogens with zero attached hydrogens (tertiary/aromatic N) is 2. The van der Waals surface area contributed by atoms with E-state index < -0.39 is 0 Å². The molecule has 0 aliphatic rings. The summed E-state index contributed by atoms with van der Waals surface area (Å²) in [6, 6.07) is 25.7. The van der Waals surface area contributed by atoms with E-state index in [0.717, 1.165) is 38.7 Å². The van der Waals surface area contributed by atoms with Gasteiger partial charge >= 0.3 is 0 Å². The molecule has 0 unspecified atom stereocenters. The summed E-state index contributed by atoms with van der Waals surface area (Å²) < 4.78 is 1.63. The summed E-state index contributed by atoms with van der Waals surface area (Å²) in [5.74, 6) is -0.0788. The molecule has 1 heterocycles. The molecule has 162 valence electrons. The first-order chi connectivity index (χ1) is 15.4. The minimum atomic E-state index is -0.144. The maximum atomic E-state index is 13.5. The fraction of sp³-hybridized carbons (Fsp3) is 0.214. The molecule has 0 saturated heterocycles. The van der Waals surface area contributed by atoms with Gasteiger partial charge in [0.15, 0.2) is 0 Å². The fourth-order valence-corrected chi connectivity index (χ4v) is 4.30. The minimum absolute atomic E-state index is 0.0131. The van der Waals surface area contributed by atoms with Crippen LogP contribution < -0.4 is 5.56 Å². The average molecular weight is 425 g/mol. The molecule has 4 heteroatoms. The van der Waals surface area contributed by atoms with Crippen LogP contribution in [0.5, 0.6) is 0 Å². The Balaban J connectivity index is 1.72. The smallest absolute Gasteiger partial charge is 0.251 e. The van der Waals surface area contributed by atoms with Crippen molar-refractivity contribution < 1.29 is 4.79 Å². The van der Waals surface area contributed by atoms with Crippen LogP contribution in [0, 0.1) is 20.8 Å². The number of aryl methyl sites for hydroxylation is 3. The van der Waals surface area contributed by atoms with Gasteiger partial charge in [-0.25, -0.2) is 0 Å². The second-order valence-electron chi connectivity index (χ2n) is 8.45. The minimum Gasteiger partial charge on any atom is -0.332 e. The Morgan fingerprint density at radius 2 is 1.34 bits per heavy atom. The predicted molar refractivity (Wildman–Crippen MR) is 130 cm³/mol. The van der Waals surface area contributed by atoms with Crippen molar-refractivity contribution >= 4 is 16.8 Å². The molecule has 0 aliphatic carbocycles. The van der Waals surface area contributed by atoms with Crippen LogP contribution in [-0.4, -0.2) is 15.4 Å². The third kappa shape index (κ3) is 4.65. The van der Waals surface area contributed by atoms with E-state index in [0.29, 0.717) is 13.1 Å². The highest BCUT2D eigenvalue weighted by Crippen LogP contribution is 2.23. The third-order valence-corrected chi connectivity index (χ3v) is 5.82. The lowest BCUT2D eigenvalue weighted by molar-refractivity contribution is -0.133. The van der Waals surface area contributed by atoms with E-state index in [1.165, 1.54) is 0 Å². The van der Waals surface area contributed by atoms with Crippen LogP contribution in [0.3, 0.4) is 0 Å². The lowest BCUT2D eigenvalue weighted by atomic mass is 10.0. The molecule has 0 saturated carbocycles. The molecule has 0 bridgehead atoms.